The van der Waals surface area contributed by atoms with Gasteiger partial charge < -0.3 is 20.1 Å². The van der Waals surface area contributed by atoms with Gasteiger partial charge in [-0.2, -0.15) is 0 Å². The molecule has 4 unspecified atom stereocenters. The number of benzene rings is 2. The molecular formula is C40H50N4O6S. The number of allylic oxidation sites excluding steroid dienone is 1. The minimum absolute atomic E-state index is 0.295. The molecule has 3 aliphatic rings. The third kappa shape index (κ3) is 8.15. The number of methoxy groups -OCH3 is 1. The van der Waals surface area contributed by atoms with Crippen LogP contribution in [-0.2, 0) is 19.6 Å². The lowest BCUT2D eigenvalue weighted by Crippen LogP contribution is -2.56. The summed E-state index contributed by atoms with van der Waals surface area (Å²) in [6.45, 7) is 8.00. The van der Waals surface area contributed by atoms with E-state index in [0.717, 1.165) is 67.1 Å². The van der Waals surface area contributed by atoms with Gasteiger partial charge in [-0.05, 0) is 50.7 Å². The first kappa shape index (κ1) is 36.6. The Morgan fingerprint density at radius 3 is 2.45 bits per heavy atom. The Kier molecular flexibility index (Phi) is 11.2. The van der Waals surface area contributed by atoms with E-state index in [9.17, 15) is 18.0 Å². The number of fused-ring (bicyclic) bond motifs is 1. The van der Waals surface area contributed by atoms with E-state index in [0.29, 0.717) is 50.1 Å². The number of hydrogen-bond donors (Lipinski definition) is 3. The molecule has 0 radical (unpaired) electrons. The van der Waals surface area contributed by atoms with E-state index in [1.165, 1.54) is 0 Å². The molecule has 1 aliphatic heterocycles. The Bertz CT molecular complexity index is 1860. The van der Waals surface area contributed by atoms with Crippen molar-refractivity contribution in [1.82, 2.24) is 20.3 Å². The molecule has 3 aromatic rings. The Morgan fingerprint density at radius 2 is 1.76 bits per heavy atom. The Morgan fingerprint density at radius 1 is 1.02 bits per heavy atom. The molecule has 4 atom stereocenters. The summed E-state index contributed by atoms with van der Waals surface area (Å²) >= 11 is 0. The molecule has 272 valence electrons. The summed E-state index contributed by atoms with van der Waals surface area (Å²) in [4.78, 5) is 32.1. The first-order valence-corrected chi connectivity index (χ1v) is 19.7. The smallest absolute Gasteiger partial charge is 0.259 e. The van der Waals surface area contributed by atoms with E-state index in [-0.39, 0.29) is 17.9 Å². The second-order valence-corrected chi connectivity index (χ2v) is 16.3. The fourth-order valence-corrected chi connectivity index (χ4v) is 8.92. The first-order chi connectivity index (χ1) is 24.6. The monoisotopic (exact) mass is 714 g/mol. The van der Waals surface area contributed by atoms with Crippen molar-refractivity contribution in [2.24, 2.45) is 5.92 Å². The summed E-state index contributed by atoms with van der Waals surface area (Å²) < 4.78 is 40.5. The van der Waals surface area contributed by atoms with E-state index < -0.39 is 32.3 Å². The third-order valence-electron chi connectivity index (χ3n) is 10.7. The molecule has 0 bridgehead atoms. The highest BCUT2D eigenvalue weighted by Crippen LogP contribution is 2.49. The van der Waals surface area contributed by atoms with Crippen LogP contribution in [0.2, 0.25) is 0 Å². The van der Waals surface area contributed by atoms with Crippen LogP contribution in [0.3, 0.4) is 0 Å². The molecule has 6 rings (SSSR count). The average molecular weight is 715 g/mol. The Hall–Kier alpha value is -4.22. The fraction of sp³-hybridized carbons (Fsp3) is 0.475. The van der Waals surface area contributed by atoms with Crippen molar-refractivity contribution in [3.8, 4) is 22.8 Å². The standard InChI is InChI=1S/C40H50N4O6S/c1-4-6-7-8-9-10-11-15-20-39(21-22-39)51(47,48)44-38(46)40(26-29(40)5-2)43-37(45)35-24-31(27-41-35)50-36-25-33(28-16-13-12-14-17-28)42-34-23-30(49-3)18-19-32(34)36/h4-5,12-14,16-19,23,25,29,31,35,41H,1-2,6-11,15,20-22,24,26-27H2,3H3,(H,43,45)(H,44,46). The van der Waals surface area contributed by atoms with Crippen LogP contribution < -0.4 is 24.8 Å². The lowest BCUT2D eigenvalue weighted by atomic mass is 10.1. The van der Waals surface area contributed by atoms with E-state index in [4.69, 9.17) is 14.5 Å². The number of carbonyl (C=O) groups is 2. The minimum atomic E-state index is -3.92. The zero-order chi connectivity index (χ0) is 36.1. The SMILES string of the molecule is C=CCCCCCCCCC1(S(=O)(=O)NC(=O)C2(NC(=O)C3CC(Oc4cc(-c5ccccc5)nc5cc(OC)ccc45)CN3)CC2C=C)CC1. The summed E-state index contributed by atoms with van der Waals surface area (Å²) in [7, 11) is -2.30. The zero-order valence-corrected chi connectivity index (χ0v) is 30.3. The van der Waals surface area contributed by atoms with Gasteiger partial charge in [0.05, 0.1) is 29.1 Å². The molecule has 51 heavy (non-hydrogen) atoms. The van der Waals surface area contributed by atoms with Crippen molar-refractivity contribution in [2.75, 3.05) is 13.7 Å². The van der Waals surface area contributed by atoms with Crippen LogP contribution >= 0.6 is 0 Å². The van der Waals surface area contributed by atoms with Crippen LogP contribution in [-0.4, -0.2) is 61.3 Å². The van der Waals surface area contributed by atoms with E-state index in [1.807, 2.05) is 60.7 Å². The predicted octanol–water partition coefficient (Wildman–Crippen LogP) is 6.37. The van der Waals surface area contributed by atoms with Crippen LogP contribution in [0, 0.1) is 5.92 Å². The number of unbranched alkanes of at least 4 members (excludes halogenated alkanes) is 6. The lowest BCUT2D eigenvalue weighted by Gasteiger charge is -2.23. The largest absolute Gasteiger partial charge is 0.497 e. The summed E-state index contributed by atoms with van der Waals surface area (Å²) in [5.41, 5.74) is 1.07. The first-order valence-electron chi connectivity index (χ1n) is 18.2. The van der Waals surface area contributed by atoms with E-state index in [2.05, 4.69) is 28.5 Å². The van der Waals surface area contributed by atoms with Gasteiger partial charge in [-0.3, -0.25) is 14.3 Å². The maximum absolute atomic E-state index is 13.6. The molecular weight excluding hydrogens is 665 g/mol. The van der Waals surface area contributed by atoms with Gasteiger partial charge in [0.1, 0.15) is 23.1 Å². The number of aromatic nitrogens is 1. The summed E-state index contributed by atoms with van der Waals surface area (Å²) in [5, 5.41) is 6.97. The van der Waals surface area contributed by atoms with Crippen LogP contribution in [0.4, 0.5) is 0 Å². The maximum Gasteiger partial charge on any atom is 0.259 e. The number of ether oxygens (including phenoxy) is 2. The van der Waals surface area contributed by atoms with Gasteiger partial charge in [0, 0.05) is 42.0 Å². The van der Waals surface area contributed by atoms with Crippen molar-refractivity contribution in [3.63, 3.8) is 0 Å². The molecule has 1 aromatic heterocycles. The molecule has 3 N–H and O–H groups in total. The van der Waals surface area contributed by atoms with Crippen molar-refractivity contribution < 1.29 is 27.5 Å². The topological polar surface area (TPSA) is 136 Å². The predicted molar refractivity (Wildman–Crippen MR) is 200 cm³/mol. The number of nitrogens with zero attached hydrogens (tertiary/aromatic N) is 1. The van der Waals surface area contributed by atoms with Gasteiger partial charge in [0.25, 0.3) is 5.91 Å². The number of hydrogen-bond acceptors (Lipinski definition) is 8. The van der Waals surface area contributed by atoms with Gasteiger partial charge in [-0.1, -0.05) is 74.6 Å². The van der Waals surface area contributed by atoms with Crippen molar-refractivity contribution in [1.29, 1.82) is 0 Å². The van der Waals surface area contributed by atoms with Gasteiger partial charge >= 0.3 is 0 Å². The molecule has 0 spiro atoms. The second-order valence-electron chi connectivity index (χ2n) is 14.3. The highest BCUT2D eigenvalue weighted by Gasteiger charge is 2.63. The van der Waals surface area contributed by atoms with Gasteiger partial charge in [0.15, 0.2) is 0 Å². The maximum atomic E-state index is 13.6. The number of amides is 2. The second kappa shape index (κ2) is 15.6. The Balaban J connectivity index is 1.07. The fourth-order valence-electron chi connectivity index (χ4n) is 7.23. The van der Waals surface area contributed by atoms with Crippen molar-refractivity contribution >= 4 is 32.7 Å². The summed E-state index contributed by atoms with van der Waals surface area (Å²) in [6, 6.07) is 16.8. The third-order valence-corrected chi connectivity index (χ3v) is 12.9. The average Bonchev–Trinajstić information content (AvgIpc) is 4.03. The summed E-state index contributed by atoms with van der Waals surface area (Å²) in [6.07, 6.45) is 12.8. The number of nitrogens with one attached hydrogen (secondary N) is 3. The number of rotatable bonds is 19. The van der Waals surface area contributed by atoms with Crippen molar-refractivity contribution in [3.05, 3.63) is 79.9 Å². The molecule has 10 nitrogen and oxygen atoms in total. The molecule has 1 saturated heterocycles. The number of sulfonamides is 1. The molecule has 2 saturated carbocycles. The molecule has 3 fully saturated rings. The van der Waals surface area contributed by atoms with Gasteiger partial charge in [-0.15, -0.1) is 13.2 Å². The Labute approximate surface area is 301 Å². The van der Waals surface area contributed by atoms with Crippen LogP contribution in [0.25, 0.3) is 22.2 Å². The van der Waals surface area contributed by atoms with Crippen molar-refractivity contribution in [2.45, 2.75) is 99.5 Å². The summed E-state index contributed by atoms with van der Waals surface area (Å²) in [5.74, 6) is -0.101. The molecule has 2 amide bonds. The highest BCUT2D eigenvalue weighted by atomic mass is 32.2. The molecule has 2 aliphatic carbocycles. The van der Waals surface area contributed by atoms with Gasteiger partial charge in [0.2, 0.25) is 15.9 Å². The van der Waals surface area contributed by atoms with Gasteiger partial charge in [-0.25, -0.2) is 13.4 Å². The van der Waals surface area contributed by atoms with E-state index >= 15 is 0 Å². The van der Waals surface area contributed by atoms with Crippen LogP contribution in [0.1, 0.15) is 77.0 Å². The lowest BCUT2D eigenvalue weighted by molar-refractivity contribution is -0.130. The van der Waals surface area contributed by atoms with E-state index in [1.54, 1.807) is 13.2 Å². The number of carbonyl (C=O) groups excluding carboxylic acids is 2. The number of pyridine rings is 1. The minimum Gasteiger partial charge on any atom is -0.497 e. The zero-order valence-electron chi connectivity index (χ0n) is 29.5. The molecule has 2 heterocycles. The molecule has 11 heteroatoms. The highest BCUT2D eigenvalue weighted by molar-refractivity contribution is 7.91. The van der Waals surface area contributed by atoms with Crippen LogP contribution in [0.15, 0.2) is 79.9 Å². The molecule has 2 aromatic carbocycles. The van der Waals surface area contributed by atoms with Crippen LogP contribution in [0.5, 0.6) is 11.5 Å². The quantitative estimate of drug-likeness (QED) is 0.0964. The normalized spacial score (nSPS) is 23.3.